The summed E-state index contributed by atoms with van der Waals surface area (Å²) in [6.45, 7) is 2.01. The lowest BCUT2D eigenvalue weighted by molar-refractivity contribution is 0.500. The average Bonchev–Trinajstić information content (AvgIpc) is 2.78. The summed E-state index contributed by atoms with van der Waals surface area (Å²) in [5.74, 6) is 0.238. The molecule has 1 aliphatic carbocycles. The van der Waals surface area contributed by atoms with Gasteiger partial charge in [-0.1, -0.05) is 31.5 Å². The van der Waals surface area contributed by atoms with E-state index in [2.05, 4.69) is 40.6 Å². The third kappa shape index (κ3) is 2.92. The standard InChI is InChI=1S/C17H24N2O2S/c1-3-4-11-22(20,21)18-13-9-10-17-15(12-13)14-7-5-6-8-16(14)19(17)2/h5-8,13,18H,3-4,9-12H2,1-2H3. The lowest BCUT2D eigenvalue weighted by Crippen LogP contribution is -2.40. The number of hydrogen-bond donors (Lipinski definition) is 1. The van der Waals surface area contributed by atoms with Crippen LogP contribution < -0.4 is 4.72 Å². The van der Waals surface area contributed by atoms with Gasteiger partial charge in [0.05, 0.1) is 5.75 Å². The van der Waals surface area contributed by atoms with Crippen LogP contribution in [0.15, 0.2) is 24.3 Å². The lowest BCUT2D eigenvalue weighted by Gasteiger charge is -2.24. The fraction of sp³-hybridized carbons (Fsp3) is 0.529. The summed E-state index contributed by atoms with van der Waals surface area (Å²) in [6.07, 6.45) is 4.23. The molecule has 0 saturated carbocycles. The molecule has 3 rings (SSSR count). The molecule has 0 saturated heterocycles. The fourth-order valence-corrected chi connectivity index (χ4v) is 4.97. The van der Waals surface area contributed by atoms with E-state index < -0.39 is 10.0 Å². The van der Waals surface area contributed by atoms with Gasteiger partial charge in [0.2, 0.25) is 10.0 Å². The van der Waals surface area contributed by atoms with Gasteiger partial charge in [-0.05, 0) is 37.3 Å². The summed E-state index contributed by atoms with van der Waals surface area (Å²) < 4.78 is 29.4. The zero-order chi connectivity index (χ0) is 15.7. The van der Waals surface area contributed by atoms with Crippen molar-refractivity contribution < 1.29 is 8.42 Å². The predicted octanol–water partition coefficient (Wildman–Crippen LogP) is 2.76. The molecule has 0 spiro atoms. The molecule has 1 aliphatic rings. The molecule has 4 nitrogen and oxygen atoms in total. The van der Waals surface area contributed by atoms with Crippen molar-refractivity contribution in [2.24, 2.45) is 7.05 Å². The summed E-state index contributed by atoms with van der Waals surface area (Å²) in [6, 6.07) is 8.41. The van der Waals surface area contributed by atoms with Crippen LogP contribution in [0, 0.1) is 0 Å². The number of fused-ring (bicyclic) bond motifs is 3. The van der Waals surface area contributed by atoms with Gasteiger partial charge in [0, 0.05) is 29.7 Å². The molecule has 0 fully saturated rings. The van der Waals surface area contributed by atoms with Gasteiger partial charge < -0.3 is 4.57 Å². The lowest BCUT2D eigenvalue weighted by atomic mass is 9.92. The maximum Gasteiger partial charge on any atom is 0.211 e. The Hall–Kier alpha value is -1.33. The zero-order valence-electron chi connectivity index (χ0n) is 13.3. The molecule has 0 radical (unpaired) electrons. The second kappa shape index (κ2) is 6.05. The first-order chi connectivity index (χ1) is 10.5. The van der Waals surface area contributed by atoms with Gasteiger partial charge in [-0.25, -0.2) is 13.1 Å². The minimum atomic E-state index is -3.15. The van der Waals surface area contributed by atoms with E-state index in [0.29, 0.717) is 0 Å². The number of unbranched alkanes of at least 4 members (excludes halogenated alkanes) is 1. The van der Waals surface area contributed by atoms with E-state index in [1.807, 2.05) is 6.92 Å². The topological polar surface area (TPSA) is 51.1 Å². The van der Waals surface area contributed by atoms with Crippen LogP contribution >= 0.6 is 0 Å². The van der Waals surface area contributed by atoms with E-state index >= 15 is 0 Å². The minimum Gasteiger partial charge on any atom is -0.347 e. The summed E-state index contributed by atoms with van der Waals surface area (Å²) >= 11 is 0. The van der Waals surface area contributed by atoms with Gasteiger partial charge in [-0.3, -0.25) is 0 Å². The van der Waals surface area contributed by atoms with Crippen LogP contribution in [0.4, 0.5) is 0 Å². The molecule has 2 aromatic rings. The Balaban J connectivity index is 1.84. The molecular weight excluding hydrogens is 296 g/mol. The molecule has 120 valence electrons. The van der Waals surface area contributed by atoms with Crippen molar-refractivity contribution in [2.75, 3.05) is 5.75 Å². The highest BCUT2D eigenvalue weighted by Gasteiger charge is 2.26. The molecular formula is C17H24N2O2S. The average molecular weight is 320 g/mol. The number of rotatable bonds is 5. The molecule has 1 aromatic heterocycles. The second-order valence-corrected chi connectivity index (χ2v) is 8.10. The van der Waals surface area contributed by atoms with E-state index in [1.165, 1.54) is 22.2 Å². The number of aryl methyl sites for hydroxylation is 1. The Kier molecular flexibility index (Phi) is 4.28. The third-order valence-corrected chi connectivity index (χ3v) is 6.16. The van der Waals surface area contributed by atoms with E-state index in [-0.39, 0.29) is 11.8 Å². The Morgan fingerprint density at radius 2 is 2.09 bits per heavy atom. The number of nitrogens with zero attached hydrogens (tertiary/aromatic N) is 1. The highest BCUT2D eigenvalue weighted by molar-refractivity contribution is 7.89. The third-order valence-electron chi connectivity index (χ3n) is 4.64. The van der Waals surface area contributed by atoms with Crippen LogP contribution in [-0.4, -0.2) is 24.8 Å². The molecule has 22 heavy (non-hydrogen) atoms. The van der Waals surface area contributed by atoms with E-state index in [4.69, 9.17) is 0 Å². The van der Waals surface area contributed by atoms with Gasteiger partial charge in [-0.15, -0.1) is 0 Å². The molecule has 1 heterocycles. The van der Waals surface area contributed by atoms with E-state index in [1.54, 1.807) is 0 Å². The minimum absolute atomic E-state index is 0.0279. The Bertz CT molecular complexity index is 777. The van der Waals surface area contributed by atoms with Crippen molar-refractivity contribution in [2.45, 2.75) is 45.1 Å². The summed E-state index contributed by atoms with van der Waals surface area (Å²) in [7, 11) is -1.05. The number of nitrogens with one attached hydrogen (secondary N) is 1. The predicted molar refractivity (Wildman–Crippen MR) is 90.6 cm³/mol. The van der Waals surface area contributed by atoms with Gasteiger partial charge in [0.1, 0.15) is 0 Å². The highest BCUT2D eigenvalue weighted by atomic mass is 32.2. The van der Waals surface area contributed by atoms with Crippen LogP contribution in [-0.2, 0) is 29.9 Å². The van der Waals surface area contributed by atoms with Crippen molar-refractivity contribution in [1.29, 1.82) is 0 Å². The van der Waals surface area contributed by atoms with Crippen LogP contribution in [0.5, 0.6) is 0 Å². The Morgan fingerprint density at radius 1 is 1.32 bits per heavy atom. The van der Waals surface area contributed by atoms with Crippen LogP contribution in [0.1, 0.15) is 37.4 Å². The normalized spacial score (nSPS) is 18.5. The first kappa shape index (κ1) is 15.6. The van der Waals surface area contributed by atoms with Gasteiger partial charge >= 0.3 is 0 Å². The van der Waals surface area contributed by atoms with Crippen molar-refractivity contribution in [1.82, 2.24) is 9.29 Å². The SMILES string of the molecule is CCCCS(=O)(=O)NC1CCc2c(c3ccccc3n2C)C1. The maximum absolute atomic E-state index is 12.1. The second-order valence-electron chi connectivity index (χ2n) is 6.23. The molecule has 5 heteroatoms. The van der Waals surface area contributed by atoms with Crippen LogP contribution in [0.3, 0.4) is 0 Å². The van der Waals surface area contributed by atoms with Crippen LogP contribution in [0.25, 0.3) is 10.9 Å². The summed E-state index contributed by atoms with van der Waals surface area (Å²) in [4.78, 5) is 0. The van der Waals surface area contributed by atoms with E-state index in [0.717, 1.165) is 32.1 Å². The molecule has 0 bridgehead atoms. The molecule has 1 unspecified atom stereocenters. The Morgan fingerprint density at radius 3 is 2.86 bits per heavy atom. The number of para-hydroxylation sites is 1. The zero-order valence-corrected chi connectivity index (χ0v) is 14.1. The molecule has 1 aromatic carbocycles. The van der Waals surface area contributed by atoms with Gasteiger partial charge in [0.15, 0.2) is 0 Å². The molecule has 1 N–H and O–H groups in total. The van der Waals surface area contributed by atoms with Gasteiger partial charge in [-0.2, -0.15) is 0 Å². The fourth-order valence-electron chi connectivity index (χ4n) is 3.48. The molecule has 1 atom stereocenters. The van der Waals surface area contributed by atoms with Crippen molar-refractivity contribution in [3.8, 4) is 0 Å². The molecule has 0 amide bonds. The molecule has 0 aliphatic heterocycles. The van der Waals surface area contributed by atoms with Gasteiger partial charge in [0.25, 0.3) is 0 Å². The van der Waals surface area contributed by atoms with Crippen LogP contribution in [0.2, 0.25) is 0 Å². The monoisotopic (exact) mass is 320 g/mol. The summed E-state index contributed by atoms with van der Waals surface area (Å²) in [5, 5.41) is 1.26. The number of hydrogen-bond acceptors (Lipinski definition) is 2. The number of sulfonamides is 1. The number of aromatic nitrogens is 1. The van der Waals surface area contributed by atoms with E-state index in [9.17, 15) is 8.42 Å². The summed E-state index contributed by atoms with van der Waals surface area (Å²) in [5.41, 5.74) is 3.90. The largest absolute Gasteiger partial charge is 0.347 e. The highest BCUT2D eigenvalue weighted by Crippen LogP contribution is 2.31. The quantitative estimate of drug-likeness (QED) is 0.921. The first-order valence-electron chi connectivity index (χ1n) is 8.07. The Labute approximate surface area is 132 Å². The maximum atomic E-state index is 12.1. The van der Waals surface area contributed by atoms with Crippen molar-refractivity contribution in [3.05, 3.63) is 35.5 Å². The number of benzene rings is 1. The van der Waals surface area contributed by atoms with Crippen molar-refractivity contribution >= 4 is 20.9 Å². The first-order valence-corrected chi connectivity index (χ1v) is 9.72. The smallest absolute Gasteiger partial charge is 0.211 e. The van der Waals surface area contributed by atoms with Crippen molar-refractivity contribution in [3.63, 3.8) is 0 Å².